The Balaban J connectivity index is 2.36. The molecule has 1 atom stereocenters. The Morgan fingerprint density at radius 2 is 1.72 bits per heavy atom. The van der Waals surface area contributed by atoms with E-state index in [2.05, 4.69) is 82.3 Å². The van der Waals surface area contributed by atoms with Gasteiger partial charge in [-0.15, -0.1) is 0 Å². The lowest BCUT2D eigenvalue weighted by Gasteiger charge is -2.21. The third-order valence-electron chi connectivity index (χ3n) is 3.49. The Morgan fingerprint density at radius 3 is 2.28 bits per heavy atom. The van der Waals surface area contributed by atoms with Gasteiger partial charge in [0.05, 0.1) is 0 Å². The summed E-state index contributed by atoms with van der Waals surface area (Å²) in [5.74, 6) is 0.415. The van der Waals surface area contributed by atoms with Crippen LogP contribution in [0.3, 0.4) is 0 Å². The van der Waals surface area contributed by atoms with Crippen LogP contribution in [0.1, 0.15) is 32.3 Å². The van der Waals surface area contributed by atoms with Crippen LogP contribution < -0.4 is 4.90 Å². The number of allylic oxidation sites excluding steroid dienone is 4. The number of nitrogens with zero attached hydrogens (tertiary/aromatic N) is 1. The SMILES string of the molecule is CN(C)c1ccccc1C1C=CC(C(C)(C)C)=C1. The summed E-state index contributed by atoms with van der Waals surface area (Å²) < 4.78 is 0. The van der Waals surface area contributed by atoms with Crippen LogP contribution in [0.4, 0.5) is 5.69 Å². The van der Waals surface area contributed by atoms with Crippen LogP contribution in [-0.2, 0) is 0 Å². The van der Waals surface area contributed by atoms with E-state index in [-0.39, 0.29) is 5.41 Å². The summed E-state index contributed by atoms with van der Waals surface area (Å²) in [6.45, 7) is 6.80. The first-order valence-electron chi connectivity index (χ1n) is 6.56. The lowest BCUT2D eigenvalue weighted by molar-refractivity contribution is 0.517. The molecule has 0 fully saturated rings. The van der Waals surface area contributed by atoms with Crippen molar-refractivity contribution in [2.75, 3.05) is 19.0 Å². The molecular weight excluding hydrogens is 218 g/mol. The van der Waals surface area contributed by atoms with Gasteiger partial charge in [0, 0.05) is 25.7 Å². The molecule has 1 aromatic carbocycles. The minimum absolute atomic E-state index is 0.234. The van der Waals surface area contributed by atoms with Crippen molar-refractivity contribution in [1.82, 2.24) is 0 Å². The fourth-order valence-electron chi connectivity index (χ4n) is 2.38. The average Bonchev–Trinajstić information content (AvgIpc) is 2.77. The smallest absolute Gasteiger partial charge is 0.0402 e. The number of hydrogen-bond acceptors (Lipinski definition) is 1. The molecule has 1 aliphatic rings. The predicted octanol–water partition coefficient (Wildman–Crippen LogP) is 4.38. The van der Waals surface area contributed by atoms with Crippen LogP contribution in [0.2, 0.25) is 0 Å². The van der Waals surface area contributed by atoms with E-state index in [1.54, 1.807) is 0 Å². The second kappa shape index (κ2) is 4.64. The van der Waals surface area contributed by atoms with E-state index in [1.807, 2.05) is 0 Å². The Kier molecular flexibility index (Phi) is 3.34. The maximum Gasteiger partial charge on any atom is 0.0402 e. The van der Waals surface area contributed by atoms with E-state index in [4.69, 9.17) is 0 Å². The molecule has 0 saturated carbocycles. The number of para-hydroxylation sites is 1. The van der Waals surface area contributed by atoms with Crippen molar-refractivity contribution >= 4 is 5.69 Å². The molecule has 0 radical (unpaired) electrons. The maximum absolute atomic E-state index is 2.39. The highest BCUT2D eigenvalue weighted by atomic mass is 15.1. The van der Waals surface area contributed by atoms with Crippen molar-refractivity contribution in [2.24, 2.45) is 5.41 Å². The molecule has 0 N–H and O–H groups in total. The van der Waals surface area contributed by atoms with Gasteiger partial charge in [0.15, 0.2) is 0 Å². The summed E-state index contributed by atoms with van der Waals surface area (Å²) in [6, 6.07) is 8.64. The fraction of sp³-hybridized carbons (Fsp3) is 0.412. The van der Waals surface area contributed by atoms with E-state index in [9.17, 15) is 0 Å². The van der Waals surface area contributed by atoms with Crippen molar-refractivity contribution in [3.63, 3.8) is 0 Å². The molecule has 0 spiro atoms. The van der Waals surface area contributed by atoms with Gasteiger partial charge in [0.1, 0.15) is 0 Å². The first-order valence-corrected chi connectivity index (χ1v) is 6.56. The Hall–Kier alpha value is -1.50. The molecule has 1 aromatic rings. The minimum Gasteiger partial charge on any atom is -0.377 e. The van der Waals surface area contributed by atoms with Crippen LogP contribution in [0.5, 0.6) is 0 Å². The first-order chi connectivity index (χ1) is 8.39. The van der Waals surface area contributed by atoms with Gasteiger partial charge in [0.2, 0.25) is 0 Å². The van der Waals surface area contributed by atoms with Crippen LogP contribution in [0, 0.1) is 5.41 Å². The van der Waals surface area contributed by atoms with Crippen molar-refractivity contribution in [3.05, 3.63) is 53.6 Å². The molecule has 18 heavy (non-hydrogen) atoms. The topological polar surface area (TPSA) is 3.24 Å². The van der Waals surface area contributed by atoms with Gasteiger partial charge in [0.25, 0.3) is 0 Å². The summed E-state index contributed by atoms with van der Waals surface area (Å²) in [5, 5.41) is 0. The summed E-state index contributed by atoms with van der Waals surface area (Å²) in [6.07, 6.45) is 6.97. The van der Waals surface area contributed by atoms with Crippen molar-refractivity contribution < 1.29 is 0 Å². The Labute approximate surface area is 111 Å². The molecule has 0 saturated heterocycles. The number of benzene rings is 1. The lowest BCUT2D eigenvalue weighted by atomic mass is 9.86. The van der Waals surface area contributed by atoms with Crippen molar-refractivity contribution in [1.29, 1.82) is 0 Å². The van der Waals surface area contributed by atoms with Gasteiger partial charge in [-0.25, -0.2) is 0 Å². The number of anilines is 1. The predicted molar refractivity (Wildman–Crippen MR) is 80.2 cm³/mol. The second-order valence-corrected chi connectivity index (χ2v) is 6.21. The van der Waals surface area contributed by atoms with Crippen molar-refractivity contribution in [3.8, 4) is 0 Å². The van der Waals surface area contributed by atoms with E-state index >= 15 is 0 Å². The molecule has 0 aliphatic heterocycles. The third kappa shape index (κ3) is 2.50. The zero-order valence-corrected chi connectivity index (χ0v) is 12.1. The van der Waals surface area contributed by atoms with Crippen molar-refractivity contribution in [2.45, 2.75) is 26.7 Å². The fourth-order valence-corrected chi connectivity index (χ4v) is 2.38. The van der Waals surface area contributed by atoms with Crippen LogP contribution in [0.15, 0.2) is 48.1 Å². The number of rotatable bonds is 2. The molecule has 0 heterocycles. The van der Waals surface area contributed by atoms with Crippen LogP contribution >= 0.6 is 0 Å². The molecule has 0 bridgehead atoms. The first kappa shape index (κ1) is 12.9. The lowest BCUT2D eigenvalue weighted by Crippen LogP contribution is -2.12. The van der Waals surface area contributed by atoms with E-state index < -0.39 is 0 Å². The highest BCUT2D eigenvalue weighted by molar-refractivity contribution is 5.58. The molecule has 1 aliphatic carbocycles. The summed E-state index contributed by atoms with van der Waals surface area (Å²) in [5.41, 5.74) is 4.36. The largest absolute Gasteiger partial charge is 0.377 e. The molecule has 0 aromatic heterocycles. The molecular formula is C17H23N. The average molecular weight is 241 g/mol. The monoisotopic (exact) mass is 241 g/mol. The molecule has 0 amide bonds. The molecule has 96 valence electrons. The quantitative estimate of drug-likeness (QED) is 0.742. The highest BCUT2D eigenvalue weighted by Crippen LogP contribution is 2.38. The molecule has 1 unspecified atom stereocenters. The van der Waals surface area contributed by atoms with E-state index in [0.717, 1.165) is 0 Å². The molecule has 1 nitrogen and oxygen atoms in total. The standard InChI is InChI=1S/C17H23N/c1-17(2,3)14-11-10-13(12-14)15-8-6-7-9-16(15)18(4)5/h6-13H,1-5H3. The zero-order valence-electron chi connectivity index (χ0n) is 12.1. The van der Waals surface area contributed by atoms with Crippen LogP contribution in [0.25, 0.3) is 0 Å². The molecule has 1 heteroatoms. The Morgan fingerprint density at radius 1 is 1.06 bits per heavy atom. The van der Waals surface area contributed by atoms with Gasteiger partial charge in [-0.2, -0.15) is 0 Å². The zero-order chi connectivity index (χ0) is 13.3. The summed E-state index contributed by atoms with van der Waals surface area (Å²) in [4.78, 5) is 2.19. The Bertz CT molecular complexity index is 487. The summed E-state index contributed by atoms with van der Waals surface area (Å²) in [7, 11) is 4.21. The van der Waals surface area contributed by atoms with Gasteiger partial charge >= 0.3 is 0 Å². The van der Waals surface area contributed by atoms with Gasteiger partial charge in [-0.1, -0.05) is 57.2 Å². The molecule has 2 rings (SSSR count). The highest BCUT2D eigenvalue weighted by Gasteiger charge is 2.22. The minimum atomic E-state index is 0.234. The normalized spacial score (nSPS) is 18.9. The van der Waals surface area contributed by atoms with Gasteiger partial charge in [-0.05, 0) is 22.6 Å². The maximum atomic E-state index is 2.39. The third-order valence-corrected chi connectivity index (χ3v) is 3.49. The van der Waals surface area contributed by atoms with Gasteiger partial charge in [-0.3, -0.25) is 0 Å². The van der Waals surface area contributed by atoms with E-state index in [1.165, 1.54) is 16.8 Å². The second-order valence-electron chi connectivity index (χ2n) is 6.21. The number of hydrogen-bond donors (Lipinski definition) is 0. The van der Waals surface area contributed by atoms with Crippen LogP contribution in [-0.4, -0.2) is 14.1 Å². The summed E-state index contributed by atoms with van der Waals surface area (Å²) >= 11 is 0. The van der Waals surface area contributed by atoms with E-state index in [0.29, 0.717) is 5.92 Å². The van der Waals surface area contributed by atoms with Gasteiger partial charge < -0.3 is 4.90 Å².